The Morgan fingerprint density at radius 2 is 1.94 bits per heavy atom. The van der Waals surface area contributed by atoms with E-state index in [1.165, 1.54) is 19.9 Å². The summed E-state index contributed by atoms with van der Waals surface area (Å²) in [4.78, 5) is 15.4. The third kappa shape index (κ3) is 4.83. The standard InChI is InChI=1S/C26H27F3N4/c1-15(2)22-12-20(24-16(3)10-17(27)11-21(24)28)19-7-9-33(14-23(19)32-22)13-18-6-8-30-25(31-18)26(4,5)29/h6,8,10-12H,1,7,9,13-14H2,2-5H3. The molecule has 0 saturated heterocycles. The van der Waals surface area contributed by atoms with E-state index in [9.17, 15) is 13.2 Å². The van der Waals surface area contributed by atoms with Crippen molar-refractivity contribution in [3.63, 3.8) is 0 Å². The number of alkyl halides is 1. The van der Waals surface area contributed by atoms with Crippen molar-refractivity contribution in [3.05, 3.63) is 82.7 Å². The third-order valence-electron chi connectivity index (χ3n) is 5.85. The quantitative estimate of drug-likeness (QED) is 0.482. The number of nitrogens with zero attached hydrogens (tertiary/aromatic N) is 4. The van der Waals surface area contributed by atoms with Gasteiger partial charge in [0.15, 0.2) is 11.5 Å². The largest absolute Gasteiger partial charge is 0.291 e. The molecule has 0 saturated carbocycles. The lowest BCUT2D eigenvalue weighted by molar-refractivity contribution is 0.202. The molecule has 0 atom stereocenters. The molecule has 1 aliphatic rings. The van der Waals surface area contributed by atoms with E-state index in [1.807, 2.05) is 13.0 Å². The molecule has 3 heterocycles. The van der Waals surface area contributed by atoms with Crippen LogP contribution in [-0.4, -0.2) is 26.4 Å². The summed E-state index contributed by atoms with van der Waals surface area (Å²) in [5.74, 6) is -1.02. The van der Waals surface area contributed by atoms with Gasteiger partial charge in [0.2, 0.25) is 0 Å². The average molecular weight is 453 g/mol. The van der Waals surface area contributed by atoms with Gasteiger partial charge < -0.3 is 0 Å². The summed E-state index contributed by atoms with van der Waals surface area (Å²) < 4.78 is 42.9. The highest BCUT2D eigenvalue weighted by Gasteiger charge is 2.26. The Kier molecular flexibility index (Phi) is 6.10. The molecule has 4 rings (SSSR count). The molecule has 2 aromatic heterocycles. The number of aromatic nitrogens is 3. The molecule has 1 aromatic carbocycles. The number of hydrogen-bond donors (Lipinski definition) is 0. The van der Waals surface area contributed by atoms with Crippen LogP contribution in [0.3, 0.4) is 0 Å². The van der Waals surface area contributed by atoms with E-state index >= 15 is 0 Å². The lowest BCUT2D eigenvalue weighted by atomic mass is 9.90. The van der Waals surface area contributed by atoms with Gasteiger partial charge in [-0.3, -0.25) is 9.88 Å². The zero-order valence-electron chi connectivity index (χ0n) is 19.3. The maximum absolute atomic E-state index is 14.9. The van der Waals surface area contributed by atoms with E-state index in [2.05, 4.69) is 21.4 Å². The summed E-state index contributed by atoms with van der Waals surface area (Å²) in [6, 6.07) is 5.90. The van der Waals surface area contributed by atoms with Gasteiger partial charge in [0.25, 0.3) is 0 Å². The summed E-state index contributed by atoms with van der Waals surface area (Å²) in [7, 11) is 0. The van der Waals surface area contributed by atoms with Crippen molar-refractivity contribution in [2.24, 2.45) is 0 Å². The Morgan fingerprint density at radius 1 is 1.18 bits per heavy atom. The highest BCUT2D eigenvalue weighted by atomic mass is 19.1. The number of fused-ring (bicyclic) bond motifs is 1. The molecule has 0 radical (unpaired) electrons. The number of rotatable bonds is 5. The van der Waals surface area contributed by atoms with Crippen molar-refractivity contribution in [3.8, 4) is 11.1 Å². The van der Waals surface area contributed by atoms with Crippen LogP contribution in [0.15, 0.2) is 37.0 Å². The van der Waals surface area contributed by atoms with Gasteiger partial charge in [-0.05, 0) is 74.6 Å². The summed E-state index contributed by atoms with van der Waals surface area (Å²) in [6.07, 6.45) is 2.23. The Balaban J connectivity index is 1.71. The smallest absolute Gasteiger partial charge is 0.165 e. The number of pyridine rings is 1. The molecule has 0 bridgehead atoms. The van der Waals surface area contributed by atoms with Crippen LogP contribution in [0.4, 0.5) is 13.2 Å². The Morgan fingerprint density at radius 3 is 2.61 bits per heavy atom. The van der Waals surface area contributed by atoms with Crippen molar-refractivity contribution >= 4 is 5.57 Å². The van der Waals surface area contributed by atoms with Gasteiger partial charge in [0.1, 0.15) is 11.6 Å². The summed E-state index contributed by atoms with van der Waals surface area (Å²) in [5.41, 5.74) is 4.02. The first-order valence-corrected chi connectivity index (χ1v) is 10.9. The Labute approximate surface area is 192 Å². The molecular weight excluding hydrogens is 425 g/mol. The van der Waals surface area contributed by atoms with Crippen LogP contribution in [-0.2, 0) is 25.2 Å². The lowest BCUT2D eigenvalue weighted by Gasteiger charge is -2.30. The molecule has 0 amide bonds. The molecule has 1 aliphatic heterocycles. The van der Waals surface area contributed by atoms with Gasteiger partial charge >= 0.3 is 0 Å². The number of aryl methyl sites for hydroxylation is 1. The third-order valence-corrected chi connectivity index (χ3v) is 5.85. The molecular formula is C26H27F3N4. The second-order valence-corrected chi connectivity index (χ2v) is 9.14. The topological polar surface area (TPSA) is 41.9 Å². The van der Waals surface area contributed by atoms with E-state index in [0.29, 0.717) is 42.9 Å². The van der Waals surface area contributed by atoms with Crippen LogP contribution in [0, 0.1) is 18.6 Å². The van der Waals surface area contributed by atoms with E-state index in [1.54, 1.807) is 19.2 Å². The first-order valence-electron chi connectivity index (χ1n) is 10.9. The lowest BCUT2D eigenvalue weighted by Crippen LogP contribution is -2.32. The first-order chi connectivity index (χ1) is 15.5. The fourth-order valence-electron chi connectivity index (χ4n) is 4.21. The molecule has 7 heteroatoms. The number of halogens is 3. The van der Waals surface area contributed by atoms with E-state index in [-0.39, 0.29) is 5.82 Å². The van der Waals surface area contributed by atoms with Gasteiger partial charge in [-0.25, -0.2) is 23.1 Å². The van der Waals surface area contributed by atoms with E-state index in [4.69, 9.17) is 4.98 Å². The molecule has 0 fully saturated rings. The van der Waals surface area contributed by atoms with Gasteiger partial charge in [0.05, 0.1) is 17.1 Å². The summed E-state index contributed by atoms with van der Waals surface area (Å²) >= 11 is 0. The first kappa shape index (κ1) is 23.1. The zero-order chi connectivity index (χ0) is 23.9. The second kappa shape index (κ2) is 8.71. The maximum Gasteiger partial charge on any atom is 0.165 e. The molecule has 33 heavy (non-hydrogen) atoms. The molecule has 172 valence electrons. The van der Waals surface area contributed by atoms with Crippen molar-refractivity contribution in [1.29, 1.82) is 0 Å². The minimum absolute atomic E-state index is 0.157. The minimum atomic E-state index is -1.62. The number of benzene rings is 1. The second-order valence-electron chi connectivity index (χ2n) is 9.14. The number of hydrogen-bond acceptors (Lipinski definition) is 4. The fourth-order valence-corrected chi connectivity index (χ4v) is 4.21. The highest BCUT2D eigenvalue weighted by molar-refractivity contribution is 5.75. The van der Waals surface area contributed by atoms with Crippen LogP contribution in [0.1, 0.15) is 54.8 Å². The molecule has 0 N–H and O–H groups in total. The van der Waals surface area contributed by atoms with Crippen molar-refractivity contribution in [1.82, 2.24) is 19.9 Å². The maximum atomic E-state index is 14.9. The predicted molar refractivity (Wildman–Crippen MR) is 123 cm³/mol. The van der Waals surface area contributed by atoms with Crippen molar-refractivity contribution in [2.45, 2.75) is 52.9 Å². The molecule has 0 unspecified atom stereocenters. The zero-order valence-corrected chi connectivity index (χ0v) is 19.3. The Hall–Kier alpha value is -3.06. The fraction of sp³-hybridized carbons (Fsp3) is 0.346. The SMILES string of the molecule is C=C(C)c1cc(-c2c(C)cc(F)cc2F)c2c(n1)CN(Cc1ccnc(C(C)(C)F)n1)CC2. The predicted octanol–water partition coefficient (Wildman–Crippen LogP) is 5.92. The molecule has 3 aromatic rings. The summed E-state index contributed by atoms with van der Waals surface area (Å²) in [5, 5.41) is 0. The average Bonchev–Trinajstić information content (AvgIpc) is 2.72. The highest BCUT2D eigenvalue weighted by Crippen LogP contribution is 2.35. The van der Waals surface area contributed by atoms with E-state index < -0.39 is 17.3 Å². The van der Waals surface area contributed by atoms with Crippen LogP contribution in [0.2, 0.25) is 0 Å². The van der Waals surface area contributed by atoms with Crippen LogP contribution >= 0.6 is 0 Å². The van der Waals surface area contributed by atoms with Crippen LogP contribution < -0.4 is 0 Å². The summed E-state index contributed by atoms with van der Waals surface area (Å²) in [6.45, 7) is 12.2. The molecule has 0 aliphatic carbocycles. The normalized spacial score (nSPS) is 14.3. The van der Waals surface area contributed by atoms with Crippen molar-refractivity contribution in [2.75, 3.05) is 6.54 Å². The van der Waals surface area contributed by atoms with E-state index in [0.717, 1.165) is 34.2 Å². The Bertz CT molecular complexity index is 1210. The minimum Gasteiger partial charge on any atom is -0.291 e. The van der Waals surface area contributed by atoms with Gasteiger partial charge in [0, 0.05) is 37.5 Å². The van der Waals surface area contributed by atoms with Crippen molar-refractivity contribution < 1.29 is 13.2 Å². The van der Waals surface area contributed by atoms with Gasteiger partial charge in [-0.1, -0.05) is 6.58 Å². The van der Waals surface area contributed by atoms with Gasteiger partial charge in [-0.2, -0.15) is 0 Å². The molecule has 4 nitrogen and oxygen atoms in total. The molecule has 0 spiro atoms. The monoisotopic (exact) mass is 452 g/mol. The van der Waals surface area contributed by atoms with Gasteiger partial charge in [-0.15, -0.1) is 0 Å². The number of allylic oxidation sites excluding steroid dienone is 1. The van der Waals surface area contributed by atoms with Crippen LogP contribution in [0.5, 0.6) is 0 Å². The van der Waals surface area contributed by atoms with Crippen LogP contribution in [0.25, 0.3) is 16.7 Å².